The Labute approximate surface area is 204 Å². The van der Waals surface area contributed by atoms with Gasteiger partial charge in [0.15, 0.2) is 5.82 Å². The molecule has 1 aliphatic heterocycles. The molecule has 5 heterocycles. The number of fused-ring (bicyclic) bond motifs is 1. The second kappa shape index (κ2) is 9.90. The number of nitrogens with one attached hydrogen (secondary N) is 2. The van der Waals surface area contributed by atoms with Crippen LogP contribution in [0.25, 0.3) is 17.0 Å². The number of likely N-dealkylation sites (tertiary alicyclic amines) is 1. The second-order valence-corrected chi connectivity index (χ2v) is 8.38. The summed E-state index contributed by atoms with van der Waals surface area (Å²) in [6.07, 6.45) is 2.40. The minimum absolute atomic E-state index is 0.00188. The van der Waals surface area contributed by atoms with Gasteiger partial charge in [-0.3, -0.25) is 9.78 Å². The number of hydrogen-bond acceptors (Lipinski definition) is 7. The average Bonchev–Trinajstić information content (AvgIpc) is 3.56. The highest BCUT2D eigenvalue weighted by Gasteiger charge is 2.32. The molecule has 4 aromatic heterocycles. The van der Waals surface area contributed by atoms with E-state index >= 15 is 0 Å². The van der Waals surface area contributed by atoms with Crippen molar-refractivity contribution in [3.63, 3.8) is 0 Å². The normalized spacial score (nSPS) is 14.3. The Bertz CT molecular complexity index is 1380. The molecule has 2 N–H and O–H groups in total. The summed E-state index contributed by atoms with van der Waals surface area (Å²) in [5.74, 6) is 0.0181. The van der Waals surface area contributed by atoms with Gasteiger partial charge in [0, 0.05) is 31.7 Å². The quantitative estimate of drug-likeness (QED) is 0.402. The maximum atomic E-state index is 13.2. The van der Waals surface area contributed by atoms with Crippen LogP contribution in [0.4, 0.5) is 24.7 Å². The van der Waals surface area contributed by atoms with Gasteiger partial charge in [-0.15, -0.1) is 5.10 Å². The lowest BCUT2D eigenvalue weighted by molar-refractivity contribution is -0.141. The van der Waals surface area contributed by atoms with Crippen molar-refractivity contribution in [3.05, 3.63) is 66.2 Å². The molecule has 1 amide bonds. The molecule has 0 radical (unpaired) electrons. The molecule has 0 bridgehead atoms. The fraction of sp³-hybridized carbons (Fsp3) is 0.292. The molecule has 4 aromatic rings. The zero-order chi connectivity index (χ0) is 25.1. The Morgan fingerprint density at radius 1 is 1.06 bits per heavy atom. The highest BCUT2D eigenvalue weighted by molar-refractivity contribution is 6.00. The third-order valence-corrected chi connectivity index (χ3v) is 5.89. The van der Waals surface area contributed by atoms with E-state index in [2.05, 4.69) is 35.6 Å². The van der Waals surface area contributed by atoms with E-state index < -0.39 is 11.9 Å². The van der Waals surface area contributed by atoms with Crippen LogP contribution >= 0.6 is 0 Å². The van der Waals surface area contributed by atoms with Crippen LogP contribution in [0.1, 0.15) is 28.9 Å². The molecule has 1 fully saturated rings. The lowest BCUT2D eigenvalue weighted by Gasteiger charge is -2.16. The fourth-order valence-corrected chi connectivity index (χ4v) is 4.09. The molecule has 0 atom stereocenters. The number of nitrogens with zero attached hydrogens (tertiary/aromatic N) is 6. The number of hydrogen-bond donors (Lipinski definition) is 2. The van der Waals surface area contributed by atoms with Gasteiger partial charge in [-0.2, -0.15) is 13.2 Å². The first-order valence-corrected chi connectivity index (χ1v) is 11.5. The third-order valence-electron chi connectivity index (χ3n) is 5.89. The number of rotatable bonds is 7. The molecule has 0 saturated carbocycles. The molecule has 0 aliphatic carbocycles. The minimum atomic E-state index is -4.59. The SMILES string of the molecule is O=C(NCCN1CCCC1)c1cnccc1Nc1nc(-c2cccc(C(F)(F)F)n2)nn2cccc12. The van der Waals surface area contributed by atoms with Crippen molar-refractivity contribution in [2.75, 3.05) is 31.5 Å². The van der Waals surface area contributed by atoms with Crippen LogP contribution in [0, 0.1) is 0 Å². The van der Waals surface area contributed by atoms with Crippen LogP contribution in [-0.2, 0) is 6.18 Å². The first-order valence-electron chi connectivity index (χ1n) is 11.5. The second-order valence-electron chi connectivity index (χ2n) is 8.38. The van der Waals surface area contributed by atoms with E-state index in [1.165, 1.54) is 41.9 Å². The number of pyridine rings is 2. The van der Waals surface area contributed by atoms with Gasteiger partial charge >= 0.3 is 6.18 Å². The number of anilines is 2. The maximum Gasteiger partial charge on any atom is 0.433 e. The van der Waals surface area contributed by atoms with Crippen LogP contribution in [0.5, 0.6) is 0 Å². The number of aromatic nitrogens is 5. The summed E-state index contributed by atoms with van der Waals surface area (Å²) >= 11 is 0. The fourth-order valence-electron chi connectivity index (χ4n) is 4.09. The van der Waals surface area contributed by atoms with Crippen LogP contribution in [-0.4, -0.2) is 61.6 Å². The lowest BCUT2D eigenvalue weighted by Crippen LogP contribution is -2.33. The predicted molar refractivity (Wildman–Crippen MR) is 127 cm³/mol. The van der Waals surface area contributed by atoms with Gasteiger partial charge in [-0.25, -0.2) is 14.5 Å². The number of halogens is 3. The first-order chi connectivity index (χ1) is 17.4. The summed E-state index contributed by atoms with van der Waals surface area (Å²) < 4.78 is 41.0. The van der Waals surface area contributed by atoms with Crippen molar-refractivity contribution < 1.29 is 18.0 Å². The largest absolute Gasteiger partial charge is 0.433 e. The molecule has 1 saturated heterocycles. The molecule has 186 valence electrons. The summed E-state index contributed by atoms with van der Waals surface area (Å²) in [5, 5.41) is 10.4. The van der Waals surface area contributed by atoms with Crippen LogP contribution in [0.3, 0.4) is 0 Å². The average molecular weight is 496 g/mol. The van der Waals surface area contributed by atoms with E-state index in [4.69, 9.17) is 0 Å². The summed E-state index contributed by atoms with van der Waals surface area (Å²) in [5.41, 5.74) is 0.281. The highest BCUT2D eigenvalue weighted by atomic mass is 19.4. The maximum absolute atomic E-state index is 13.2. The van der Waals surface area contributed by atoms with Gasteiger partial charge in [-0.1, -0.05) is 6.07 Å². The van der Waals surface area contributed by atoms with Crippen molar-refractivity contribution in [2.24, 2.45) is 0 Å². The monoisotopic (exact) mass is 496 g/mol. The van der Waals surface area contributed by atoms with Gasteiger partial charge in [0.1, 0.15) is 16.9 Å². The smallest absolute Gasteiger partial charge is 0.351 e. The van der Waals surface area contributed by atoms with Crippen LogP contribution < -0.4 is 10.6 Å². The van der Waals surface area contributed by atoms with E-state index in [1.54, 1.807) is 24.4 Å². The Kier molecular flexibility index (Phi) is 6.51. The Morgan fingerprint density at radius 2 is 1.89 bits per heavy atom. The van der Waals surface area contributed by atoms with Crippen molar-refractivity contribution in [1.82, 2.24) is 34.8 Å². The molecule has 0 unspecified atom stereocenters. The molecule has 0 aromatic carbocycles. The van der Waals surface area contributed by atoms with Gasteiger partial charge in [0.05, 0.1) is 11.3 Å². The Hall–Kier alpha value is -4.06. The van der Waals surface area contributed by atoms with E-state index in [0.29, 0.717) is 29.1 Å². The van der Waals surface area contributed by atoms with E-state index in [9.17, 15) is 18.0 Å². The molecule has 0 spiro atoms. The van der Waals surface area contributed by atoms with Crippen molar-refractivity contribution in [1.29, 1.82) is 0 Å². The topological polar surface area (TPSA) is 100 Å². The summed E-state index contributed by atoms with van der Waals surface area (Å²) in [6, 6.07) is 8.69. The van der Waals surface area contributed by atoms with E-state index in [-0.39, 0.29) is 17.4 Å². The molecule has 9 nitrogen and oxygen atoms in total. The van der Waals surface area contributed by atoms with E-state index in [0.717, 1.165) is 25.7 Å². The number of carbonyl (C=O) groups excluding carboxylic acids is 1. The van der Waals surface area contributed by atoms with Crippen molar-refractivity contribution in [3.8, 4) is 11.5 Å². The predicted octanol–water partition coefficient (Wildman–Crippen LogP) is 3.77. The number of alkyl halides is 3. The standard InChI is InChI=1S/C24H23F3N8O/c25-24(26,27)20-7-3-5-18(30-20)21-32-22(19-6-4-13-35(19)33-21)31-17-8-9-28-15-16(17)23(36)29-10-14-34-11-1-2-12-34/h3-9,13,15H,1-2,10-12,14H2,(H,29,36)(H,28,31,32,33). The number of carbonyl (C=O) groups is 1. The lowest BCUT2D eigenvalue weighted by atomic mass is 10.2. The molecule has 36 heavy (non-hydrogen) atoms. The highest BCUT2D eigenvalue weighted by Crippen LogP contribution is 2.30. The van der Waals surface area contributed by atoms with E-state index in [1.807, 2.05) is 0 Å². The van der Waals surface area contributed by atoms with Gasteiger partial charge in [0.2, 0.25) is 5.82 Å². The molecular formula is C24H23F3N8O. The molecule has 12 heteroatoms. The van der Waals surface area contributed by atoms with Gasteiger partial charge < -0.3 is 15.5 Å². The van der Waals surface area contributed by atoms with Gasteiger partial charge in [0.25, 0.3) is 5.91 Å². The zero-order valence-electron chi connectivity index (χ0n) is 19.2. The van der Waals surface area contributed by atoms with Crippen molar-refractivity contribution in [2.45, 2.75) is 19.0 Å². The molecule has 5 rings (SSSR count). The first kappa shape index (κ1) is 23.7. The summed E-state index contributed by atoms with van der Waals surface area (Å²) in [4.78, 5) is 27.4. The minimum Gasteiger partial charge on any atom is -0.351 e. The summed E-state index contributed by atoms with van der Waals surface area (Å²) in [6.45, 7) is 3.37. The Balaban J connectivity index is 1.42. The third kappa shape index (κ3) is 5.13. The molecule has 1 aliphatic rings. The van der Waals surface area contributed by atoms with Gasteiger partial charge in [-0.05, 0) is 56.3 Å². The zero-order valence-corrected chi connectivity index (χ0v) is 19.2. The Morgan fingerprint density at radius 3 is 2.69 bits per heavy atom. The summed E-state index contributed by atoms with van der Waals surface area (Å²) in [7, 11) is 0. The molecular weight excluding hydrogens is 473 g/mol. The van der Waals surface area contributed by atoms with Crippen LogP contribution in [0.15, 0.2) is 55.0 Å². The van der Waals surface area contributed by atoms with Crippen molar-refractivity contribution >= 4 is 22.9 Å². The van der Waals surface area contributed by atoms with Crippen LogP contribution in [0.2, 0.25) is 0 Å². The number of amides is 1.